The molecule has 28 heavy (non-hydrogen) atoms. The summed E-state index contributed by atoms with van der Waals surface area (Å²) in [4.78, 5) is 14.1. The number of aryl methyl sites for hydroxylation is 1. The van der Waals surface area contributed by atoms with Crippen LogP contribution >= 0.6 is 11.6 Å². The van der Waals surface area contributed by atoms with E-state index in [1.807, 2.05) is 12.1 Å². The number of rotatable bonds is 3. The van der Waals surface area contributed by atoms with Crippen molar-refractivity contribution in [3.05, 3.63) is 53.2 Å². The molecule has 1 N–H and O–H groups in total. The Hall–Kier alpha value is -2.81. The third-order valence-corrected chi connectivity index (χ3v) is 4.67. The molecule has 1 aromatic carbocycles. The lowest BCUT2D eigenvalue weighted by molar-refractivity contribution is -0.140. The highest BCUT2D eigenvalue weighted by atomic mass is 35.5. The summed E-state index contributed by atoms with van der Waals surface area (Å²) >= 11 is 5.92. The van der Waals surface area contributed by atoms with Gasteiger partial charge in [-0.15, -0.1) is 0 Å². The number of nitrogens with zero attached hydrogens (tertiary/aromatic N) is 5. The average molecular weight is 409 g/mol. The van der Waals surface area contributed by atoms with Crippen LogP contribution < -0.4 is 10.2 Å². The fourth-order valence-corrected chi connectivity index (χ4v) is 3.28. The predicted molar refractivity (Wildman–Crippen MR) is 100 cm³/mol. The van der Waals surface area contributed by atoms with Crippen LogP contribution in [0.5, 0.6) is 0 Å². The molecular weight excluding hydrogens is 393 g/mol. The van der Waals surface area contributed by atoms with E-state index in [0.29, 0.717) is 12.1 Å². The minimum atomic E-state index is -4.46. The Balaban J connectivity index is 1.56. The van der Waals surface area contributed by atoms with Gasteiger partial charge in [0.1, 0.15) is 5.82 Å². The number of anilines is 2. The van der Waals surface area contributed by atoms with Crippen molar-refractivity contribution in [2.45, 2.75) is 12.7 Å². The molecule has 0 saturated carbocycles. The molecule has 0 aliphatic carbocycles. The highest BCUT2D eigenvalue weighted by Crippen LogP contribution is 2.31. The van der Waals surface area contributed by atoms with Gasteiger partial charge in [-0.05, 0) is 17.2 Å². The van der Waals surface area contributed by atoms with Crippen LogP contribution in [-0.2, 0) is 19.8 Å². The Bertz CT molecular complexity index is 1000. The summed E-state index contributed by atoms with van der Waals surface area (Å²) in [6.45, 7) is 2.09. The molecule has 0 bridgehead atoms. The van der Waals surface area contributed by atoms with Crippen molar-refractivity contribution in [1.82, 2.24) is 19.5 Å². The van der Waals surface area contributed by atoms with Crippen LogP contribution in [0, 0.1) is 0 Å². The second-order valence-corrected chi connectivity index (χ2v) is 6.82. The van der Waals surface area contributed by atoms with Gasteiger partial charge >= 0.3 is 6.18 Å². The standard InChI is InChI=1S/C18H16ClF3N6/c1-27-10-14(18(20,21)22)25-15(27)12-4-2-11(3-5-12)9-28-7-6-23-13-8-24-17(19)26-16(13)28/h2-5,8,10,23H,6-7,9H2,1H3. The molecule has 4 rings (SSSR count). The number of imidazole rings is 1. The molecule has 146 valence electrons. The summed E-state index contributed by atoms with van der Waals surface area (Å²) in [5.74, 6) is 1.00. The Labute approximate surface area is 164 Å². The van der Waals surface area contributed by atoms with E-state index in [4.69, 9.17) is 11.6 Å². The van der Waals surface area contributed by atoms with Crippen molar-refractivity contribution in [3.8, 4) is 11.4 Å². The second-order valence-electron chi connectivity index (χ2n) is 6.48. The monoisotopic (exact) mass is 408 g/mol. The predicted octanol–water partition coefficient (Wildman–Crippen LogP) is 3.98. The Morgan fingerprint density at radius 2 is 1.93 bits per heavy atom. The number of nitrogens with one attached hydrogen (secondary N) is 1. The van der Waals surface area contributed by atoms with Gasteiger partial charge in [-0.3, -0.25) is 0 Å². The van der Waals surface area contributed by atoms with Gasteiger partial charge in [0.05, 0.1) is 11.9 Å². The largest absolute Gasteiger partial charge is 0.434 e. The van der Waals surface area contributed by atoms with Crippen molar-refractivity contribution in [2.24, 2.45) is 7.05 Å². The van der Waals surface area contributed by atoms with Crippen molar-refractivity contribution in [1.29, 1.82) is 0 Å². The first-order chi connectivity index (χ1) is 13.3. The van der Waals surface area contributed by atoms with E-state index < -0.39 is 11.9 Å². The third-order valence-electron chi connectivity index (χ3n) is 4.49. The number of fused-ring (bicyclic) bond motifs is 1. The SMILES string of the molecule is Cn1cc(C(F)(F)F)nc1-c1ccc(CN2CCNc3cnc(Cl)nc32)cc1. The van der Waals surface area contributed by atoms with Gasteiger partial charge < -0.3 is 14.8 Å². The normalized spacial score (nSPS) is 14.0. The maximum absolute atomic E-state index is 12.9. The molecule has 10 heteroatoms. The zero-order valence-corrected chi connectivity index (χ0v) is 15.6. The van der Waals surface area contributed by atoms with Crippen LogP contribution in [0.15, 0.2) is 36.7 Å². The first-order valence-electron chi connectivity index (χ1n) is 8.52. The molecule has 0 spiro atoms. The number of benzene rings is 1. The lowest BCUT2D eigenvalue weighted by Gasteiger charge is -2.30. The zero-order valence-electron chi connectivity index (χ0n) is 14.8. The molecule has 6 nitrogen and oxygen atoms in total. The van der Waals surface area contributed by atoms with Crippen molar-refractivity contribution < 1.29 is 13.2 Å². The number of halogens is 4. The lowest BCUT2D eigenvalue weighted by Crippen LogP contribution is -2.34. The molecule has 3 heterocycles. The van der Waals surface area contributed by atoms with Gasteiger partial charge in [0.25, 0.3) is 0 Å². The summed E-state index contributed by atoms with van der Waals surface area (Å²) in [6, 6.07) is 7.30. The lowest BCUT2D eigenvalue weighted by atomic mass is 10.1. The average Bonchev–Trinajstić information content (AvgIpc) is 3.05. The third kappa shape index (κ3) is 3.62. The summed E-state index contributed by atoms with van der Waals surface area (Å²) in [5, 5.41) is 3.41. The van der Waals surface area contributed by atoms with Crippen molar-refractivity contribution in [3.63, 3.8) is 0 Å². The second kappa shape index (κ2) is 6.97. The van der Waals surface area contributed by atoms with Crippen molar-refractivity contribution in [2.75, 3.05) is 23.3 Å². The number of hydrogen-bond donors (Lipinski definition) is 1. The van der Waals surface area contributed by atoms with Crippen LogP contribution in [0.3, 0.4) is 0 Å². The van der Waals surface area contributed by atoms with E-state index in [9.17, 15) is 13.2 Å². The summed E-state index contributed by atoms with van der Waals surface area (Å²) < 4.78 is 40.0. The van der Waals surface area contributed by atoms with E-state index >= 15 is 0 Å². The maximum Gasteiger partial charge on any atom is 0.434 e. The molecule has 0 unspecified atom stereocenters. The van der Waals surface area contributed by atoms with Gasteiger partial charge in [-0.25, -0.2) is 9.97 Å². The quantitative estimate of drug-likeness (QED) is 0.664. The molecule has 0 saturated heterocycles. The van der Waals surface area contributed by atoms with E-state index in [2.05, 4.69) is 25.2 Å². The van der Waals surface area contributed by atoms with Crippen LogP contribution in [0.2, 0.25) is 5.28 Å². The molecule has 2 aromatic heterocycles. The molecular formula is C18H16ClF3N6. The first kappa shape index (κ1) is 18.5. The fraction of sp³-hybridized carbons (Fsp3) is 0.278. The number of alkyl halides is 3. The Kier molecular flexibility index (Phi) is 4.62. The summed E-state index contributed by atoms with van der Waals surface area (Å²) in [6.07, 6.45) is -1.82. The molecule has 0 amide bonds. The molecule has 0 fully saturated rings. The maximum atomic E-state index is 12.9. The number of aromatic nitrogens is 4. The van der Waals surface area contributed by atoms with E-state index in [-0.39, 0.29) is 11.1 Å². The highest BCUT2D eigenvalue weighted by molar-refractivity contribution is 6.28. The molecule has 0 atom stereocenters. The molecule has 0 radical (unpaired) electrons. The van der Waals surface area contributed by atoms with Gasteiger partial charge in [0.15, 0.2) is 11.5 Å². The van der Waals surface area contributed by atoms with Crippen LogP contribution in [-0.4, -0.2) is 32.6 Å². The van der Waals surface area contributed by atoms with Gasteiger partial charge in [0, 0.05) is 38.4 Å². The molecule has 1 aliphatic heterocycles. The summed E-state index contributed by atoms with van der Waals surface area (Å²) in [5.41, 5.74) is 1.53. The first-order valence-corrected chi connectivity index (χ1v) is 8.90. The molecule has 1 aliphatic rings. The topological polar surface area (TPSA) is 58.9 Å². The Morgan fingerprint density at radius 3 is 2.61 bits per heavy atom. The highest BCUT2D eigenvalue weighted by Gasteiger charge is 2.34. The van der Waals surface area contributed by atoms with Crippen LogP contribution in [0.25, 0.3) is 11.4 Å². The van der Waals surface area contributed by atoms with E-state index in [1.165, 1.54) is 4.57 Å². The van der Waals surface area contributed by atoms with E-state index in [1.54, 1.807) is 25.4 Å². The molecule has 3 aromatic rings. The van der Waals surface area contributed by atoms with Crippen LogP contribution in [0.4, 0.5) is 24.7 Å². The van der Waals surface area contributed by atoms with Gasteiger partial charge in [0.2, 0.25) is 5.28 Å². The summed E-state index contributed by atoms with van der Waals surface area (Å²) in [7, 11) is 1.55. The van der Waals surface area contributed by atoms with Crippen molar-refractivity contribution >= 4 is 23.1 Å². The number of hydrogen-bond acceptors (Lipinski definition) is 5. The van der Waals surface area contributed by atoms with Gasteiger partial charge in [-0.2, -0.15) is 18.2 Å². The minimum absolute atomic E-state index is 0.179. The zero-order chi connectivity index (χ0) is 19.9. The fourth-order valence-electron chi connectivity index (χ4n) is 3.15. The van der Waals surface area contributed by atoms with Crippen LogP contribution in [0.1, 0.15) is 11.3 Å². The van der Waals surface area contributed by atoms with Gasteiger partial charge in [-0.1, -0.05) is 24.3 Å². The smallest absolute Gasteiger partial charge is 0.379 e. The minimum Gasteiger partial charge on any atom is -0.379 e. The Morgan fingerprint density at radius 1 is 1.18 bits per heavy atom. The van der Waals surface area contributed by atoms with E-state index in [0.717, 1.165) is 36.4 Å².